The molecule has 4 aromatic rings. The summed E-state index contributed by atoms with van der Waals surface area (Å²) in [6.45, 7) is 2.24. The van der Waals surface area contributed by atoms with Crippen LogP contribution in [0.2, 0.25) is 5.02 Å². The standard InChI is InChI=1S/C29H32ClN5O3S2/c1-18-25(40(37,38)22-14-10-20(30)11-15-22)17-39-26(18)28(36)31-16-19-8-12-21(13-9-19)32-29-33-24-7-5-4-6-23(24)27(34-29)35(2)3/h4-7,10-11,14-15,17,19,21H,8-9,12-13,16H2,1-3H3,(H,31,36)(H,32,33,34). The Morgan fingerprint density at radius 2 is 1.75 bits per heavy atom. The number of nitrogens with one attached hydrogen (secondary N) is 2. The number of nitrogens with zero attached hydrogens (tertiary/aromatic N) is 3. The summed E-state index contributed by atoms with van der Waals surface area (Å²) in [5.41, 5.74) is 1.38. The normalized spacial score (nSPS) is 17.5. The molecule has 0 bridgehead atoms. The van der Waals surface area contributed by atoms with Crippen molar-refractivity contribution >= 4 is 61.4 Å². The molecule has 40 heavy (non-hydrogen) atoms. The average Bonchev–Trinajstić information content (AvgIpc) is 3.34. The summed E-state index contributed by atoms with van der Waals surface area (Å²) in [6.07, 6.45) is 3.84. The Morgan fingerprint density at radius 3 is 2.45 bits per heavy atom. The van der Waals surface area contributed by atoms with E-state index in [1.807, 2.05) is 43.3 Å². The molecule has 0 radical (unpaired) electrons. The lowest BCUT2D eigenvalue weighted by molar-refractivity contribution is 0.0946. The Balaban J connectivity index is 1.16. The van der Waals surface area contributed by atoms with Crippen LogP contribution < -0.4 is 15.5 Å². The van der Waals surface area contributed by atoms with Crippen molar-refractivity contribution in [1.29, 1.82) is 0 Å². The molecular formula is C29H32ClN5O3S2. The molecule has 1 saturated carbocycles. The molecule has 1 amide bonds. The van der Waals surface area contributed by atoms with Gasteiger partial charge < -0.3 is 15.5 Å². The van der Waals surface area contributed by atoms with E-state index in [1.54, 1.807) is 24.4 Å². The van der Waals surface area contributed by atoms with Gasteiger partial charge in [0.1, 0.15) is 5.82 Å². The number of carbonyl (C=O) groups excluding carboxylic acids is 1. The predicted molar refractivity (Wildman–Crippen MR) is 162 cm³/mol. The van der Waals surface area contributed by atoms with Crippen molar-refractivity contribution in [2.45, 2.75) is 48.4 Å². The molecule has 1 aliphatic carbocycles. The number of fused-ring (bicyclic) bond motifs is 1. The molecule has 2 N–H and O–H groups in total. The zero-order valence-electron chi connectivity index (χ0n) is 22.6. The molecule has 1 aliphatic rings. The van der Waals surface area contributed by atoms with Gasteiger partial charge in [-0.2, -0.15) is 4.98 Å². The van der Waals surface area contributed by atoms with Gasteiger partial charge >= 0.3 is 0 Å². The molecule has 210 valence electrons. The van der Waals surface area contributed by atoms with E-state index >= 15 is 0 Å². The Morgan fingerprint density at radius 1 is 1.05 bits per heavy atom. The summed E-state index contributed by atoms with van der Waals surface area (Å²) in [5, 5.41) is 9.59. The molecular weight excluding hydrogens is 566 g/mol. The van der Waals surface area contributed by atoms with Crippen LogP contribution in [0.5, 0.6) is 0 Å². The third-order valence-electron chi connectivity index (χ3n) is 7.35. The van der Waals surface area contributed by atoms with Crippen molar-refractivity contribution in [3.63, 3.8) is 0 Å². The third-order valence-corrected chi connectivity index (χ3v) is 10.7. The number of hydrogen-bond acceptors (Lipinski definition) is 8. The van der Waals surface area contributed by atoms with Crippen LogP contribution in [0.25, 0.3) is 10.9 Å². The van der Waals surface area contributed by atoms with Gasteiger partial charge in [-0.25, -0.2) is 13.4 Å². The number of benzene rings is 2. The van der Waals surface area contributed by atoms with Gasteiger partial charge in [-0.15, -0.1) is 11.3 Å². The second-order valence-corrected chi connectivity index (χ2v) is 13.6. The monoisotopic (exact) mass is 597 g/mol. The summed E-state index contributed by atoms with van der Waals surface area (Å²) >= 11 is 7.06. The van der Waals surface area contributed by atoms with Crippen LogP contribution >= 0.6 is 22.9 Å². The molecule has 0 saturated heterocycles. The van der Waals surface area contributed by atoms with Crippen molar-refractivity contribution in [2.75, 3.05) is 30.9 Å². The highest BCUT2D eigenvalue weighted by molar-refractivity contribution is 7.91. The van der Waals surface area contributed by atoms with Crippen molar-refractivity contribution in [1.82, 2.24) is 15.3 Å². The van der Waals surface area contributed by atoms with E-state index in [-0.39, 0.29) is 21.7 Å². The number of rotatable bonds is 8. The lowest BCUT2D eigenvalue weighted by Crippen LogP contribution is -2.34. The minimum atomic E-state index is -3.73. The van der Waals surface area contributed by atoms with Gasteiger partial charge in [0.05, 0.1) is 20.2 Å². The minimum absolute atomic E-state index is 0.155. The first-order chi connectivity index (χ1) is 19.1. The van der Waals surface area contributed by atoms with E-state index in [9.17, 15) is 13.2 Å². The quantitative estimate of drug-likeness (QED) is 0.258. The molecule has 0 spiro atoms. The van der Waals surface area contributed by atoms with Crippen LogP contribution in [0.4, 0.5) is 11.8 Å². The fourth-order valence-electron chi connectivity index (χ4n) is 5.11. The lowest BCUT2D eigenvalue weighted by atomic mass is 9.86. The number of amides is 1. The molecule has 8 nitrogen and oxygen atoms in total. The van der Waals surface area contributed by atoms with Crippen molar-refractivity contribution in [3.05, 3.63) is 69.4 Å². The second kappa shape index (κ2) is 11.7. The molecule has 5 rings (SSSR count). The smallest absolute Gasteiger partial charge is 0.261 e. The Kier molecular flexibility index (Phi) is 8.30. The maximum atomic E-state index is 13.1. The first-order valence-corrected chi connectivity index (χ1v) is 15.9. The van der Waals surface area contributed by atoms with Crippen molar-refractivity contribution < 1.29 is 13.2 Å². The highest BCUT2D eigenvalue weighted by Crippen LogP contribution is 2.32. The number of thiophene rings is 1. The number of hydrogen-bond donors (Lipinski definition) is 2. The molecule has 2 heterocycles. The van der Waals surface area contributed by atoms with E-state index in [4.69, 9.17) is 21.6 Å². The number of sulfone groups is 1. The van der Waals surface area contributed by atoms with Gasteiger partial charge in [0.2, 0.25) is 15.8 Å². The van der Waals surface area contributed by atoms with Crippen LogP contribution in [0, 0.1) is 12.8 Å². The van der Waals surface area contributed by atoms with Crippen LogP contribution in [0.15, 0.2) is 63.7 Å². The van der Waals surface area contributed by atoms with Gasteiger partial charge in [-0.3, -0.25) is 4.79 Å². The van der Waals surface area contributed by atoms with Crippen LogP contribution in [0.3, 0.4) is 0 Å². The first kappa shape index (κ1) is 28.3. The molecule has 0 aliphatic heterocycles. The first-order valence-electron chi connectivity index (χ1n) is 13.2. The molecule has 11 heteroatoms. The van der Waals surface area contributed by atoms with E-state index in [0.717, 1.165) is 53.7 Å². The Hall–Kier alpha value is -3.21. The largest absolute Gasteiger partial charge is 0.362 e. The van der Waals surface area contributed by atoms with Gasteiger partial charge in [-0.05, 0) is 80.5 Å². The topological polar surface area (TPSA) is 104 Å². The van der Waals surface area contributed by atoms with Crippen molar-refractivity contribution in [2.24, 2.45) is 5.92 Å². The van der Waals surface area contributed by atoms with Gasteiger partial charge in [0.25, 0.3) is 5.91 Å². The van der Waals surface area contributed by atoms with Gasteiger partial charge in [-0.1, -0.05) is 23.7 Å². The summed E-state index contributed by atoms with van der Waals surface area (Å²) in [5.74, 6) is 1.64. The highest BCUT2D eigenvalue weighted by atomic mass is 35.5. The van der Waals surface area contributed by atoms with E-state index in [2.05, 4.69) is 10.6 Å². The number of anilines is 2. The summed E-state index contributed by atoms with van der Waals surface area (Å²) in [7, 11) is 0.228. The number of aromatic nitrogens is 2. The minimum Gasteiger partial charge on any atom is -0.362 e. The Labute approximate surface area is 243 Å². The molecule has 0 atom stereocenters. The molecule has 1 fully saturated rings. The zero-order chi connectivity index (χ0) is 28.4. The summed E-state index contributed by atoms with van der Waals surface area (Å²) in [6, 6.07) is 14.3. The summed E-state index contributed by atoms with van der Waals surface area (Å²) in [4.78, 5) is 25.2. The third kappa shape index (κ3) is 5.94. The van der Waals surface area contributed by atoms with Crippen molar-refractivity contribution in [3.8, 4) is 0 Å². The van der Waals surface area contributed by atoms with Gasteiger partial charge in [0, 0.05) is 42.5 Å². The molecule has 2 aromatic heterocycles. The molecule has 2 aromatic carbocycles. The fourth-order valence-corrected chi connectivity index (χ4v) is 8.07. The maximum absolute atomic E-state index is 13.1. The highest BCUT2D eigenvalue weighted by Gasteiger charge is 2.27. The zero-order valence-corrected chi connectivity index (χ0v) is 25.0. The number of para-hydroxylation sites is 1. The average molecular weight is 598 g/mol. The fraction of sp³-hybridized carbons (Fsp3) is 0.345. The second-order valence-electron chi connectivity index (χ2n) is 10.4. The summed E-state index contributed by atoms with van der Waals surface area (Å²) < 4.78 is 26.2. The van der Waals surface area contributed by atoms with E-state index in [1.165, 1.54) is 12.1 Å². The van der Waals surface area contributed by atoms with Gasteiger partial charge in [0.15, 0.2) is 0 Å². The van der Waals surface area contributed by atoms with E-state index in [0.29, 0.717) is 33.9 Å². The van der Waals surface area contributed by atoms with Crippen LogP contribution in [-0.4, -0.2) is 51.0 Å². The number of halogens is 1. The lowest BCUT2D eigenvalue weighted by Gasteiger charge is -2.29. The van der Waals surface area contributed by atoms with Crippen LogP contribution in [-0.2, 0) is 9.84 Å². The number of carbonyl (C=O) groups is 1. The van der Waals surface area contributed by atoms with Crippen LogP contribution in [0.1, 0.15) is 40.9 Å². The maximum Gasteiger partial charge on any atom is 0.261 e. The Bertz CT molecular complexity index is 1630. The SMILES string of the molecule is Cc1c(S(=O)(=O)c2ccc(Cl)cc2)csc1C(=O)NCC1CCC(Nc2nc(N(C)C)c3ccccc3n2)CC1. The molecule has 0 unspecified atom stereocenters. The van der Waals surface area contributed by atoms with E-state index < -0.39 is 9.84 Å². The predicted octanol–water partition coefficient (Wildman–Crippen LogP) is 5.95.